The topological polar surface area (TPSA) is 44.8 Å². The summed E-state index contributed by atoms with van der Waals surface area (Å²) in [7, 11) is 0. The van der Waals surface area contributed by atoms with Crippen molar-refractivity contribution < 1.29 is 9.53 Å². The summed E-state index contributed by atoms with van der Waals surface area (Å²) in [5, 5.41) is 5.33. The SMILES string of the molecule is CCN(CC1CCCO1)C(=O)NCC(c1cccs1)N1CCC(C)CC1. The molecule has 2 atom stereocenters. The number of rotatable bonds is 7. The van der Waals surface area contributed by atoms with Gasteiger partial charge in [0.25, 0.3) is 0 Å². The summed E-state index contributed by atoms with van der Waals surface area (Å²) in [6.45, 7) is 9.54. The molecule has 5 nitrogen and oxygen atoms in total. The zero-order valence-electron chi connectivity index (χ0n) is 16.2. The first-order valence-electron chi connectivity index (χ1n) is 10.1. The van der Waals surface area contributed by atoms with Crippen LogP contribution in [0.2, 0.25) is 0 Å². The molecule has 2 unspecified atom stereocenters. The second kappa shape index (κ2) is 9.72. The highest BCUT2D eigenvalue weighted by atomic mass is 32.1. The Bertz CT molecular complexity index is 537. The van der Waals surface area contributed by atoms with Crippen LogP contribution in [0.1, 0.15) is 50.4 Å². The van der Waals surface area contributed by atoms with Crippen LogP contribution in [0.4, 0.5) is 4.79 Å². The summed E-state index contributed by atoms with van der Waals surface area (Å²) in [5.74, 6) is 0.812. The van der Waals surface area contributed by atoms with Crippen LogP contribution < -0.4 is 5.32 Å². The molecule has 0 aromatic carbocycles. The van der Waals surface area contributed by atoms with E-state index in [-0.39, 0.29) is 18.2 Å². The predicted molar refractivity (Wildman–Crippen MR) is 107 cm³/mol. The average molecular weight is 380 g/mol. The lowest BCUT2D eigenvalue weighted by molar-refractivity contribution is 0.0816. The average Bonchev–Trinajstić information content (AvgIpc) is 3.35. The lowest BCUT2D eigenvalue weighted by atomic mass is 9.97. The van der Waals surface area contributed by atoms with Crippen molar-refractivity contribution in [1.82, 2.24) is 15.1 Å². The molecule has 26 heavy (non-hydrogen) atoms. The number of nitrogens with one attached hydrogen (secondary N) is 1. The van der Waals surface area contributed by atoms with E-state index in [2.05, 4.69) is 34.7 Å². The first-order chi connectivity index (χ1) is 12.7. The normalized spacial score (nSPS) is 23.1. The lowest BCUT2D eigenvalue weighted by Crippen LogP contribution is -2.47. The van der Waals surface area contributed by atoms with Crippen molar-refractivity contribution in [2.75, 3.05) is 39.3 Å². The maximum absolute atomic E-state index is 12.7. The highest BCUT2D eigenvalue weighted by Crippen LogP contribution is 2.29. The molecule has 1 aromatic rings. The third-order valence-corrected chi connectivity index (χ3v) is 6.67. The third-order valence-electron chi connectivity index (χ3n) is 5.69. The molecule has 0 spiro atoms. The summed E-state index contributed by atoms with van der Waals surface area (Å²) in [6.07, 6.45) is 4.87. The van der Waals surface area contributed by atoms with E-state index >= 15 is 0 Å². The number of urea groups is 1. The molecule has 2 saturated heterocycles. The number of hydrogen-bond acceptors (Lipinski definition) is 4. The summed E-state index contributed by atoms with van der Waals surface area (Å²) >= 11 is 1.79. The van der Waals surface area contributed by atoms with E-state index in [9.17, 15) is 4.79 Å². The molecule has 0 saturated carbocycles. The van der Waals surface area contributed by atoms with Gasteiger partial charge in [0.1, 0.15) is 0 Å². The van der Waals surface area contributed by atoms with Crippen molar-refractivity contribution in [3.05, 3.63) is 22.4 Å². The van der Waals surface area contributed by atoms with Crippen LogP contribution in [0.3, 0.4) is 0 Å². The Balaban J connectivity index is 1.56. The van der Waals surface area contributed by atoms with E-state index in [1.54, 1.807) is 11.3 Å². The summed E-state index contributed by atoms with van der Waals surface area (Å²) in [6, 6.07) is 4.63. The van der Waals surface area contributed by atoms with Crippen LogP contribution in [-0.4, -0.2) is 61.3 Å². The number of carbonyl (C=O) groups is 1. The van der Waals surface area contributed by atoms with Gasteiger partial charge in [0, 0.05) is 31.1 Å². The molecule has 2 aliphatic heterocycles. The fraction of sp³-hybridized carbons (Fsp3) is 0.750. The van der Waals surface area contributed by atoms with Gasteiger partial charge in [-0.3, -0.25) is 4.90 Å². The number of ether oxygens (including phenoxy) is 1. The first-order valence-corrected chi connectivity index (χ1v) is 11.0. The Morgan fingerprint density at radius 3 is 2.85 bits per heavy atom. The molecule has 1 aromatic heterocycles. The largest absolute Gasteiger partial charge is 0.376 e. The number of likely N-dealkylation sites (tertiary alicyclic amines) is 1. The molecular formula is C20H33N3O2S. The van der Waals surface area contributed by atoms with Crippen molar-refractivity contribution >= 4 is 17.4 Å². The molecule has 2 fully saturated rings. The van der Waals surface area contributed by atoms with Crippen molar-refractivity contribution in [3.63, 3.8) is 0 Å². The minimum atomic E-state index is 0.0370. The smallest absolute Gasteiger partial charge is 0.317 e. The van der Waals surface area contributed by atoms with Gasteiger partial charge in [-0.05, 0) is 63.1 Å². The minimum Gasteiger partial charge on any atom is -0.376 e. The van der Waals surface area contributed by atoms with E-state index < -0.39 is 0 Å². The Labute approximate surface area is 161 Å². The van der Waals surface area contributed by atoms with Gasteiger partial charge in [-0.15, -0.1) is 11.3 Å². The van der Waals surface area contributed by atoms with Crippen LogP contribution in [0, 0.1) is 5.92 Å². The number of amides is 2. The van der Waals surface area contributed by atoms with Crippen LogP contribution >= 0.6 is 11.3 Å². The number of likely N-dealkylation sites (N-methyl/N-ethyl adjacent to an activating group) is 1. The second-order valence-electron chi connectivity index (χ2n) is 7.61. The molecule has 0 bridgehead atoms. The highest BCUT2D eigenvalue weighted by Gasteiger charge is 2.27. The maximum Gasteiger partial charge on any atom is 0.317 e. The van der Waals surface area contributed by atoms with Crippen molar-refractivity contribution in [2.45, 2.75) is 51.7 Å². The van der Waals surface area contributed by atoms with Gasteiger partial charge < -0.3 is 15.0 Å². The number of hydrogen-bond donors (Lipinski definition) is 1. The van der Waals surface area contributed by atoms with Gasteiger partial charge in [-0.1, -0.05) is 13.0 Å². The molecule has 2 amide bonds. The Hall–Kier alpha value is -1.11. The van der Waals surface area contributed by atoms with E-state index in [1.165, 1.54) is 17.7 Å². The Morgan fingerprint density at radius 1 is 1.42 bits per heavy atom. The van der Waals surface area contributed by atoms with Crippen LogP contribution in [0.5, 0.6) is 0 Å². The molecule has 6 heteroatoms. The van der Waals surface area contributed by atoms with Gasteiger partial charge in [0.2, 0.25) is 0 Å². The molecule has 1 N–H and O–H groups in total. The fourth-order valence-corrected chi connectivity index (χ4v) is 4.78. The monoisotopic (exact) mass is 379 g/mol. The van der Waals surface area contributed by atoms with Crippen LogP contribution in [0.25, 0.3) is 0 Å². The Morgan fingerprint density at radius 2 is 2.23 bits per heavy atom. The zero-order chi connectivity index (χ0) is 18.4. The van der Waals surface area contributed by atoms with Gasteiger partial charge in [-0.25, -0.2) is 4.79 Å². The molecule has 146 valence electrons. The molecule has 3 heterocycles. The number of nitrogens with zero attached hydrogens (tertiary/aromatic N) is 2. The molecular weight excluding hydrogens is 346 g/mol. The predicted octanol–water partition coefficient (Wildman–Crippen LogP) is 3.73. The van der Waals surface area contributed by atoms with Gasteiger partial charge in [0.15, 0.2) is 0 Å². The molecule has 2 aliphatic rings. The standard InChI is InChI=1S/C20H33N3O2S/c1-3-22(15-17-6-4-12-25-17)20(24)21-14-18(19-7-5-13-26-19)23-10-8-16(2)9-11-23/h5,7,13,16-18H,3-4,6,8-12,14-15H2,1-2H3,(H,21,24). The van der Waals surface area contributed by atoms with Gasteiger partial charge in [0.05, 0.1) is 12.1 Å². The van der Waals surface area contributed by atoms with Crippen molar-refractivity contribution in [1.29, 1.82) is 0 Å². The zero-order valence-corrected chi connectivity index (χ0v) is 17.0. The quantitative estimate of drug-likeness (QED) is 0.785. The summed E-state index contributed by atoms with van der Waals surface area (Å²) in [4.78, 5) is 18.5. The van der Waals surface area contributed by atoms with Gasteiger partial charge in [-0.2, -0.15) is 0 Å². The fourth-order valence-electron chi connectivity index (χ4n) is 3.92. The van der Waals surface area contributed by atoms with E-state index in [1.807, 2.05) is 11.8 Å². The number of thiophene rings is 1. The first kappa shape index (κ1) is 19.6. The number of piperidine rings is 1. The molecule has 0 aliphatic carbocycles. The lowest BCUT2D eigenvalue weighted by Gasteiger charge is -2.36. The van der Waals surface area contributed by atoms with Crippen molar-refractivity contribution in [2.24, 2.45) is 5.92 Å². The molecule has 0 radical (unpaired) electrons. The van der Waals surface area contributed by atoms with Crippen LogP contribution in [-0.2, 0) is 4.74 Å². The number of carbonyl (C=O) groups excluding carboxylic acids is 1. The van der Waals surface area contributed by atoms with E-state index in [0.29, 0.717) is 13.1 Å². The minimum absolute atomic E-state index is 0.0370. The van der Waals surface area contributed by atoms with E-state index in [0.717, 1.165) is 45.0 Å². The van der Waals surface area contributed by atoms with E-state index in [4.69, 9.17) is 4.74 Å². The maximum atomic E-state index is 12.7. The third kappa shape index (κ3) is 5.21. The summed E-state index contributed by atoms with van der Waals surface area (Å²) < 4.78 is 5.70. The molecule has 3 rings (SSSR count). The summed E-state index contributed by atoms with van der Waals surface area (Å²) in [5.41, 5.74) is 0. The Kier molecular flexibility index (Phi) is 7.34. The highest BCUT2D eigenvalue weighted by molar-refractivity contribution is 7.10. The van der Waals surface area contributed by atoms with Crippen LogP contribution in [0.15, 0.2) is 17.5 Å². The van der Waals surface area contributed by atoms with Crippen molar-refractivity contribution in [3.8, 4) is 0 Å². The second-order valence-corrected chi connectivity index (χ2v) is 8.59. The van der Waals surface area contributed by atoms with Gasteiger partial charge >= 0.3 is 6.03 Å².